The van der Waals surface area contributed by atoms with Gasteiger partial charge in [-0.3, -0.25) is 4.79 Å². The van der Waals surface area contributed by atoms with Crippen LogP contribution in [0.1, 0.15) is 23.8 Å². The van der Waals surface area contributed by atoms with Crippen LogP contribution in [-0.2, 0) is 4.79 Å². The van der Waals surface area contributed by atoms with E-state index in [1.807, 2.05) is 19.2 Å². The van der Waals surface area contributed by atoms with Crippen LogP contribution in [0.15, 0.2) is 41.8 Å². The fraction of sp³-hybridized carbons (Fsp3) is 0.421. The first-order valence-corrected chi connectivity index (χ1v) is 9.60. The standard InChI is InChI=1S/C19H25N3O2S/c1-20-9-7-17(18-6-3-13-25-18)24-16-5-2-4-15(14-16)22-11-8-19(23)21-10-12-22/h2-6,13-14,17,20H,7-12H2,1H3,(H,21,23). The molecule has 1 atom stereocenters. The van der Waals surface area contributed by atoms with Gasteiger partial charge < -0.3 is 20.3 Å². The molecule has 2 aromatic rings. The summed E-state index contributed by atoms with van der Waals surface area (Å²) in [6, 6.07) is 12.4. The molecule has 2 heterocycles. The minimum absolute atomic E-state index is 0.0510. The quantitative estimate of drug-likeness (QED) is 0.798. The van der Waals surface area contributed by atoms with Crippen molar-refractivity contribution in [3.63, 3.8) is 0 Å². The summed E-state index contributed by atoms with van der Waals surface area (Å²) in [5.41, 5.74) is 1.10. The van der Waals surface area contributed by atoms with Crippen LogP contribution in [0, 0.1) is 0 Å². The van der Waals surface area contributed by atoms with E-state index >= 15 is 0 Å². The number of amides is 1. The Bertz CT molecular complexity index is 675. The Hall–Kier alpha value is -2.05. The first-order valence-electron chi connectivity index (χ1n) is 8.72. The van der Waals surface area contributed by atoms with E-state index in [0.717, 1.165) is 37.5 Å². The molecule has 0 radical (unpaired) electrons. The zero-order chi connectivity index (χ0) is 17.5. The van der Waals surface area contributed by atoms with Crippen molar-refractivity contribution in [2.24, 2.45) is 0 Å². The second-order valence-corrected chi connectivity index (χ2v) is 7.08. The molecule has 134 valence electrons. The lowest BCUT2D eigenvalue weighted by Gasteiger charge is -2.23. The summed E-state index contributed by atoms with van der Waals surface area (Å²) in [6.07, 6.45) is 1.50. The van der Waals surface area contributed by atoms with E-state index in [9.17, 15) is 4.79 Å². The van der Waals surface area contributed by atoms with Crippen LogP contribution in [0.4, 0.5) is 5.69 Å². The molecule has 1 amide bonds. The number of hydrogen-bond acceptors (Lipinski definition) is 5. The van der Waals surface area contributed by atoms with Crippen LogP contribution in [-0.4, -0.2) is 39.1 Å². The highest BCUT2D eigenvalue weighted by molar-refractivity contribution is 7.10. The Balaban J connectivity index is 1.72. The predicted molar refractivity (Wildman–Crippen MR) is 103 cm³/mol. The van der Waals surface area contributed by atoms with Gasteiger partial charge in [-0.1, -0.05) is 12.1 Å². The second-order valence-electron chi connectivity index (χ2n) is 6.10. The van der Waals surface area contributed by atoms with Gasteiger partial charge in [0.15, 0.2) is 0 Å². The molecule has 1 aromatic heterocycles. The summed E-state index contributed by atoms with van der Waals surface area (Å²) in [5.74, 6) is 0.996. The van der Waals surface area contributed by atoms with Gasteiger partial charge in [0.05, 0.1) is 0 Å². The molecular formula is C19H25N3O2S. The second kappa shape index (κ2) is 8.87. The molecule has 0 saturated carbocycles. The molecule has 3 rings (SSSR count). The Morgan fingerprint density at radius 2 is 2.24 bits per heavy atom. The molecular weight excluding hydrogens is 334 g/mol. The number of nitrogens with zero attached hydrogens (tertiary/aromatic N) is 1. The van der Waals surface area contributed by atoms with Gasteiger partial charge in [0.1, 0.15) is 11.9 Å². The van der Waals surface area contributed by atoms with Crippen molar-refractivity contribution in [2.45, 2.75) is 18.9 Å². The van der Waals surface area contributed by atoms with Gasteiger partial charge in [-0.2, -0.15) is 0 Å². The molecule has 1 aliphatic heterocycles. The van der Waals surface area contributed by atoms with Crippen molar-refractivity contribution < 1.29 is 9.53 Å². The normalized spacial score (nSPS) is 16.2. The molecule has 0 aliphatic carbocycles. The summed E-state index contributed by atoms with van der Waals surface area (Å²) in [6.45, 7) is 3.15. The van der Waals surface area contributed by atoms with Crippen molar-refractivity contribution in [1.29, 1.82) is 0 Å². The van der Waals surface area contributed by atoms with Gasteiger partial charge in [-0.25, -0.2) is 0 Å². The fourth-order valence-corrected chi connectivity index (χ4v) is 3.74. The number of ether oxygens (including phenoxy) is 1. The van der Waals surface area contributed by atoms with Crippen molar-refractivity contribution in [3.05, 3.63) is 46.7 Å². The van der Waals surface area contributed by atoms with E-state index in [0.29, 0.717) is 13.0 Å². The summed E-state index contributed by atoms with van der Waals surface area (Å²) < 4.78 is 6.31. The molecule has 0 spiro atoms. The number of hydrogen-bond donors (Lipinski definition) is 2. The summed E-state index contributed by atoms with van der Waals surface area (Å²) in [5, 5.41) is 8.20. The third-order valence-corrected chi connectivity index (χ3v) is 5.26. The van der Waals surface area contributed by atoms with Gasteiger partial charge in [-0.05, 0) is 37.2 Å². The Kier molecular flexibility index (Phi) is 6.30. The Morgan fingerprint density at radius 3 is 3.04 bits per heavy atom. The van der Waals surface area contributed by atoms with Crippen LogP contribution in [0.25, 0.3) is 0 Å². The van der Waals surface area contributed by atoms with E-state index in [2.05, 4.69) is 45.2 Å². The van der Waals surface area contributed by atoms with Crippen molar-refractivity contribution in [3.8, 4) is 5.75 Å². The highest BCUT2D eigenvalue weighted by Crippen LogP contribution is 2.30. The summed E-state index contributed by atoms with van der Waals surface area (Å²) >= 11 is 1.73. The van der Waals surface area contributed by atoms with Crippen LogP contribution < -0.4 is 20.3 Å². The lowest BCUT2D eigenvalue weighted by molar-refractivity contribution is -0.120. The maximum atomic E-state index is 11.5. The molecule has 1 unspecified atom stereocenters. The number of nitrogens with one attached hydrogen (secondary N) is 2. The first-order chi connectivity index (χ1) is 12.3. The number of thiophene rings is 1. The van der Waals surface area contributed by atoms with Gasteiger partial charge in [0, 0.05) is 49.1 Å². The van der Waals surface area contributed by atoms with E-state index < -0.39 is 0 Å². The Labute approximate surface area is 153 Å². The summed E-state index contributed by atoms with van der Waals surface area (Å²) in [4.78, 5) is 15.0. The van der Waals surface area contributed by atoms with Crippen LogP contribution in [0.3, 0.4) is 0 Å². The van der Waals surface area contributed by atoms with Crippen molar-refractivity contribution >= 4 is 22.9 Å². The third kappa shape index (κ3) is 4.96. The van der Waals surface area contributed by atoms with Gasteiger partial charge in [-0.15, -0.1) is 11.3 Å². The number of anilines is 1. The molecule has 0 bridgehead atoms. The fourth-order valence-electron chi connectivity index (χ4n) is 2.95. The molecule has 2 N–H and O–H groups in total. The van der Waals surface area contributed by atoms with Gasteiger partial charge in [0.2, 0.25) is 5.91 Å². The monoisotopic (exact) mass is 359 g/mol. The number of benzene rings is 1. The van der Waals surface area contributed by atoms with E-state index in [-0.39, 0.29) is 12.0 Å². The van der Waals surface area contributed by atoms with Gasteiger partial charge >= 0.3 is 0 Å². The van der Waals surface area contributed by atoms with E-state index in [4.69, 9.17) is 4.74 Å². The van der Waals surface area contributed by atoms with Crippen LogP contribution in [0.2, 0.25) is 0 Å². The third-order valence-electron chi connectivity index (χ3n) is 4.29. The Morgan fingerprint density at radius 1 is 1.32 bits per heavy atom. The van der Waals surface area contributed by atoms with E-state index in [1.54, 1.807) is 11.3 Å². The molecule has 5 nitrogen and oxygen atoms in total. The molecule has 1 aliphatic rings. The highest BCUT2D eigenvalue weighted by atomic mass is 32.1. The number of carbonyl (C=O) groups excluding carboxylic acids is 1. The topological polar surface area (TPSA) is 53.6 Å². The largest absolute Gasteiger partial charge is 0.485 e. The zero-order valence-corrected chi connectivity index (χ0v) is 15.3. The highest BCUT2D eigenvalue weighted by Gasteiger charge is 2.17. The number of rotatable bonds is 7. The lowest BCUT2D eigenvalue weighted by Crippen LogP contribution is -2.28. The molecule has 25 heavy (non-hydrogen) atoms. The van der Waals surface area contributed by atoms with Gasteiger partial charge in [0.25, 0.3) is 0 Å². The lowest BCUT2D eigenvalue weighted by atomic mass is 10.2. The van der Waals surface area contributed by atoms with E-state index in [1.165, 1.54) is 4.88 Å². The zero-order valence-electron chi connectivity index (χ0n) is 14.5. The summed E-state index contributed by atoms with van der Waals surface area (Å²) in [7, 11) is 1.96. The van der Waals surface area contributed by atoms with Crippen molar-refractivity contribution in [2.75, 3.05) is 38.1 Å². The first kappa shape index (κ1) is 17.8. The minimum Gasteiger partial charge on any atom is -0.485 e. The smallest absolute Gasteiger partial charge is 0.221 e. The van der Waals surface area contributed by atoms with Crippen LogP contribution >= 0.6 is 11.3 Å². The van der Waals surface area contributed by atoms with Crippen LogP contribution in [0.5, 0.6) is 5.75 Å². The predicted octanol–water partition coefficient (Wildman–Crippen LogP) is 2.80. The maximum absolute atomic E-state index is 11.5. The minimum atomic E-state index is 0.0510. The maximum Gasteiger partial charge on any atom is 0.221 e. The number of carbonyl (C=O) groups is 1. The molecule has 1 aromatic carbocycles. The average Bonchev–Trinajstić information content (AvgIpc) is 3.07. The van der Waals surface area contributed by atoms with Crippen molar-refractivity contribution in [1.82, 2.24) is 10.6 Å². The molecule has 1 saturated heterocycles. The SMILES string of the molecule is CNCCC(Oc1cccc(N2CCNC(=O)CC2)c1)c1cccs1. The molecule has 6 heteroatoms. The average molecular weight is 359 g/mol. The molecule has 1 fully saturated rings.